The highest BCUT2D eigenvalue weighted by molar-refractivity contribution is 6.37. The average molecular weight is 234 g/mol. The van der Waals surface area contributed by atoms with Crippen molar-refractivity contribution < 1.29 is 9.84 Å². The van der Waals surface area contributed by atoms with E-state index in [1.54, 1.807) is 0 Å². The monoisotopic (exact) mass is 233 g/mol. The van der Waals surface area contributed by atoms with E-state index in [9.17, 15) is 5.11 Å². The van der Waals surface area contributed by atoms with Gasteiger partial charge in [0.15, 0.2) is 12.2 Å². The van der Waals surface area contributed by atoms with Crippen LogP contribution in [0.25, 0.3) is 0 Å². The third kappa shape index (κ3) is 2.79. The number of hydrogen-bond donors (Lipinski definition) is 1. The van der Waals surface area contributed by atoms with Crippen molar-refractivity contribution >= 4 is 35.3 Å². The van der Waals surface area contributed by atoms with Crippen molar-refractivity contribution in [3.05, 3.63) is 22.2 Å². The van der Waals surface area contributed by atoms with Gasteiger partial charge in [0.25, 0.3) is 0 Å². The van der Waals surface area contributed by atoms with E-state index in [4.69, 9.17) is 27.9 Å². The van der Waals surface area contributed by atoms with Gasteiger partial charge in [-0.1, -0.05) is 23.2 Å². The van der Waals surface area contributed by atoms with E-state index in [-0.39, 0.29) is 15.8 Å². The summed E-state index contributed by atoms with van der Waals surface area (Å²) in [4.78, 5) is 3.93. The maximum atomic E-state index is 9.26. The van der Waals surface area contributed by atoms with Gasteiger partial charge >= 0.3 is 0 Å². The van der Waals surface area contributed by atoms with Gasteiger partial charge in [0.1, 0.15) is 0 Å². The summed E-state index contributed by atoms with van der Waals surface area (Å²) in [6, 6.07) is 3.00. The van der Waals surface area contributed by atoms with Crippen LogP contribution in [0.5, 0.6) is 5.75 Å². The molecule has 0 aliphatic heterocycles. The van der Waals surface area contributed by atoms with Crippen molar-refractivity contribution in [1.29, 1.82) is 0 Å². The van der Waals surface area contributed by atoms with Gasteiger partial charge in [-0.25, -0.2) is 4.99 Å². The standard InChI is InChI=1S/C9H9Cl2NO2/c1-2-14-5-12-6-3-7(10)9(13)8(11)4-6/h3-5,13H,2H2,1H3. The number of benzene rings is 1. The summed E-state index contributed by atoms with van der Waals surface area (Å²) in [5.74, 6) is -0.135. The van der Waals surface area contributed by atoms with Crippen LogP contribution < -0.4 is 0 Å². The molecule has 0 radical (unpaired) electrons. The predicted octanol–water partition coefficient (Wildman–Crippen LogP) is 3.40. The van der Waals surface area contributed by atoms with Crippen LogP contribution in [0.4, 0.5) is 5.69 Å². The fraction of sp³-hybridized carbons (Fsp3) is 0.222. The van der Waals surface area contributed by atoms with E-state index in [1.165, 1.54) is 18.5 Å². The Bertz CT molecular complexity index is 330. The van der Waals surface area contributed by atoms with E-state index in [0.717, 1.165) is 0 Å². The smallest absolute Gasteiger partial charge is 0.174 e. The number of aliphatic imine (C=N–C) groups is 1. The lowest BCUT2D eigenvalue weighted by Gasteiger charge is -2.01. The van der Waals surface area contributed by atoms with Gasteiger partial charge < -0.3 is 9.84 Å². The molecule has 0 bridgehead atoms. The highest BCUT2D eigenvalue weighted by Crippen LogP contribution is 2.35. The third-order valence-corrected chi connectivity index (χ3v) is 2.02. The second-order valence-corrected chi connectivity index (χ2v) is 3.26. The van der Waals surface area contributed by atoms with Crippen LogP contribution in [0.2, 0.25) is 10.0 Å². The third-order valence-electron chi connectivity index (χ3n) is 1.44. The number of hydrogen-bond acceptors (Lipinski definition) is 3. The highest BCUT2D eigenvalue weighted by Gasteiger charge is 2.05. The molecule has 0 unspecified atom stereocenters. The molecule has 0 atom stereocenters. The summed E-state index contributed by atoms with van der Waals surface area (Å²) in [5, 5.41) is 9.59. The first-order valence-electron chi connectivity index (χ1n) is 3.97. The maximum absolute atomic E-state index is 9.26. The largest absolute Gasteiger partial charge is 0.505 e. The Morgan fingerprint density at radius 2 is 2.00 bits per heavy atom. The number of phenols is 1. The maximum Gasteiger partial charge on any atom is 0.174 e. The molecule has 0 amide bonds. The molecule has 5 heteroatoms. The topological polar surface area (TPSA) is 41.8 Å². The number of rotatable bonds is 3. The second-order valence-electron chi connectivity index (χ2n) is 2.45. The van der Waals surface area contributed by atoms with Crippen LogP contribution in [0.15, 0.2) is 17.1 Å². The van der Waals surface area contributed by atoms with Crippen LogP contribution in [-0.2, 0) is 4.74 Å². The predicted molar refractivity (Wildman–Crippen MR) is 57.9 cm³/mol. The van der Waals surface area contributed by atoms with Crippen LogP contribution in [0.1, 0.15) is 6.92 Å². The summed E-state index contributed by atoms with van der Waals surface area (Å²) in [6.07, 6.45) is 1.30. The number of ether oxygens (including phenoxy) is 1. The Balaban J connectivity index is 2.89. The Morgan fingerprint density at radius 3 is 2.50 bits per heavy atom. The van der Waals surface area contributed by atoms with E-state index in [1.807, 2.05) is 6.92 Å². The Hall–Kier alpha value is -0.930. The van der Waals surface area contributed by atoms with Crippen molar-refractivity contribution in [2.75, 3.05) is 6.61 Å². The Morgan fingerprint density at radius 1 is 1.43 bits per heavy atom. The molecule has 0 aromatic heterocycles. The lowest BCUT2D eigenvalue weighted by Crippen LogP contribution is -1.83. The summed E-state index contributed by atoms with van der Waals surface area (Å²) < 4.78 is 4.91. The van der Waals surface area contributed by atoms with Crippen molar-refractivity contribution in [2.24, 2.45) is 4.99 Å². The molecule has 0 saturated carbocycles. The molecule has 0 spiro atoms. The Kier molecular flexibility index (Phi) is 4.04. The molecular weight excluding hydrogens is 225 g/mol. The molecule has 1 rings (SSSR count). The van der Waals surface area contributed by atoms with Crippen molar-refractivity contribution in [1.82, 2.24) is 0 Å². The lowest BCUT2D eigenvalue weighted by molar-refractivity contribution is 0.344. The average Bonchev–Trinajstić information content (AvgIpc) is 2.14. The number of aromatic hydroxyl groups is 1. The molecule has 1 N–H and O–H groups in total. The van der Waals surface area contributed by atoms with Gasteiger partial charge in [-0.05, 0) is 19.1 Å². The zero-order chi connectivity index (χ0) is 10.6. The molecule has 1 aromatic rings. The molecular formula is C9H9Cl2NO2. The molecule has 0 saturated heterocycles. The molecule has 3 nitrogen and oxygen atoms in total. The minimum absolute atomic E-state index is 0.135. The van der Waals surface area contributed by atoms with Gasteiger partial charge in [-0.2, -0.15) is 0 Å². The quantitative estimate of drug-likeness (QED) is 0.643. The molecule has 0 fully saturated rings. The number of phenolic OH excluding ortho intramolecular Hbond substituents is 1. The van der Waals surface area contributed by atoms with Gasteiger partial charge in [0.2, 0.25) is 0 Å². The fourth-order valence-electron chi connectivity index (χ4n) is 0.799. The molecule has 0 heterocycles. The first kappa shape index (κ1) is 11.1. The minimum atomic E-state index is -0.135. The first-order chi connectivity index (χ1) is 6.65. The fourth-order valence-corrected chi connectivity index (χ4v) is 1.27. The van der Waals surface area contributed by atoms with E-state index < -0.39 is 0 Å². The molecule has 1 aromatic carbocycles. The molecule has 14 heavy (non-hydrogen) atoms. The van der Waals surface area contributed by atoms with Gasteiger partial charge in [0.05, 0.1) is 22.3 Å². The molecule has 76 valence electrons. The summed E-state index contributed by atoms with van der Waals surface area (Å²) in [6.45, 7) is 2.39. The first-order valence-corrected chi connectivity index (χ1v) is 4.73. The Labute approximate surface area is 91.9 Å². The molecule has 0 aliphatic carbocycles. The normalized spacial score (nSPS) is 10.8. The molecule has 0 aliphatic rings. The van der Waals surface area contributed by atoms with Crippen molar-refractivity contribution in [3.63, 3.8) is 0 Å². The van der Waals surface area contributed by atoms with Gasteiger partial charge in [-0.3, -0.25) is 0 Å². The van der Waals surface area contributed by atoms with Crippen LogP contribution >= 0.6 is 23.2 Å². The second kappa shape index (κ2) is 5.08. The lowest BCUT2D eigenvalue weighted by atomic mass is 10.3. The SMILES string of the molecule is CCOC=Nc1cc(Cl)c(O)c(Cl)c1. The zero-order valence-electron chi connectivity index (χ0n) is 7.50. The van der Waals surface area contributed by atoms with E-state index >= 15 is 0 Å². The van der Waals surface area contributed by atoms with Crippen molar-refractivity contribution in [3.8, 4) is 5.75 Å². The minimum Gasteiger partial charge on any atom is -0.505 e. The van der Waals surface area contributed by atoms with Gasteiger partial charge in [-0.15, -0.1) is 0 Å². The number of halogens is 2. The number of nitrogens with zero attached hydrogens (tertiary/aromatic N) is 1. The van der Waals surface area contributed by atoms with Crippen molar-refractivity contribution in [2.45, 2.75) is 6.92 Å². The summed E-state index contributed by atoms with van der Waals surface area (Å²) in [7, 11) is 0. The van der Waals surface area contributed by atoms with Gasteiger partial charge in [0, 0.05) is 0 Å². The summed E-state index contributed by atoms with van der Waals surface area (Å²) in [5.41, 5.74) is 0.534. The van der Waals surface area contributed by atoms with E-state index in [0.29, 0.717) is 12.3 Å². The van der Waals surface area contributed by atoms with Crippen LogP contribution in [0, 0.1) is 0 Å². The summed E-state index contributed by atoms with van der Waals surface area (Å²) >= 11 is 11.4. The highest BCUT2D eigenvalue weighted by atomic mass is 35.5. The van der Waals surface area contributed by atoms with E-state index in [2.05, 4.69) is 4.99 Å². The van der Waals surface area contributed by atoms with Crippen LogP contribution in [0.3, 0.4) is 0 Å². The van der Waals surface area contributed by atoms with Crippen LogP contribution in [-0.4, -0.2) is 18.1 Å². The zero-order valence-corrected chi connectivity index (χ0v) is 9.01.